The predicted molar refractivity (Wildman–Crippen MR) is 147 cm³/mol. The van der Waals surface area contributed by atoms with Crippen molar-refractivity contribution in [1.29, 1.82) is 0 Å². The Labute approximate surface area is 239 Å². The molecule has 42 heavy (non-hydrogen) atoms. The van der Waals surface area contributed by atoms with E-state index in [1.807, 2.05) is 26.0 Å². The third-order valence-electron chi connectivity index (χ3n) is 7.40. The molecule has 0 saturated heterocycles. The molecule has 0 amide bonds. The van der Waals surface area contributed by atoms with E-state index in [4.69, 9.17) is 8.83 Å². The monoisotopic (exact) mass is 613 g/mol. The fourth-order valence-corrected chi connectivity index (χ4v) is 7.30. The average molecular weight is 613 g/mol. The van der Waals surface area contributed by atoms with E-state index in [0.717, 1.165) is 9.75 Å². The predicted octanol–water partition coefficient (Wildman–Crippen LogP) is 6.83. The second-order valence-electron chi connectivity index (χ2n) is 10.00. The number of halogens is 6. The molecule has 6 aromatic rings. The Balaban J connectivity index is 1.48. The minimum absolute atomic E-state index is 0.00450. The normalized spacial score (nSPS) is 15.4. The second kappa shape index (κ2) is 8.38. The number of aromatic nitrogens is 2. The van der Waals surface area contributed by atoms with Crippen molar-refractivity contribution in [3.63, 3.8) is 0 Å². The molecule has 0 aliphatic carbocycles. The molecule has 14 heteroatoms. The summed E-state index contributed by atoms with van der Waals surface area (Å²) in [5, 5.41) is -0.0607. The van der Waals surface area contributed by atoms with Gasteiger partial charge in [0.15, 0.2) is 28.5 Å². The molecule has 8 rings (SSSR count). The van der Waals surface area contributed by atoms with Crippen molar-refractivity contribution in [2.45, 2.75) is 13.8 Å². The van der Waals surface area contributed by atoms with E-state index in [0.29, 0.717) is 30.2 Å². The van der Waals surface area contributed by atoms with Crippen LogP contribution in [0.4, 0.5) is 26.2 Å². The van der Waals surface area contributed by atoms with E-state index in [-0.39, 0.29) is 33.3 Å². The van der Waals surface area contributed by atoms with Gasteiger partial charge < -0.3 is 26.4 Å². The Morgan fingerprint density at radius 3 is 2.05 bits per heavy atom. The van der Waals surface area contributed by atoms with Crippen molar-refractivity contribution in [3.05, 3.63) is 103 Å². The molecule has 0 atom stereocenters. The molecule has 6 aromatic heterocycles. The lowest BCUT2D eigenvalue weighted by molar-refractivity contribution is 0.403. The Hall–Kier alpha value is -4.30. The van der Waals surface area contributed by atoms with Gasteiger partial charge in [-0.1, -0.05) is 0 Å². The zero-order valence-corrected chi connectivity index (χ0v) is 23.1. The highest BCUT2D eigenvalue weighted by Gasteiger charge is 2.55. The highest BCUT2D eigenvalue weighted by Crippen LogP contribution is 2.44. The molecule has 8 heterocycles. The maximum Gasteiger partial charge on any atom is 0.738 e. The SMILES string of the molecule is Cc1ccc(-c2cc3c(o2)=CC2=C(c4c(F)c(F)nc(F)c4F)c4cc5oc(-c6ccc(C)s6)cc5n4[B-](F)(F)[N+]=32)s1. The van der Waals surface area contributed by atoms with Crippen LogP contribution in [0.25, 0.3) is 44.0 Å². The summed E-state index contributed by atoms with van der Waals surface area (Å²) in [6, 6.07) is 11.3. The summed E-state index contributed by atoms with van der Waals surface area (Å²) in [6.45, 7) is -0.967. The van der Waals surface area contributed by atoms with E-state index in [9.17, 15) is 8.78 Å². The lowest BCUT2D eigenvalue weighted by Crippen LogP contribution is -2.56. The molecule has 2 aliphatic heterocycles. The van der Waals surface area contributed by atoms with Gasteiger partial charge in [0.1, 0.15) is 11.3 Å². The standard InChI is InChI=1S/C28H14BF6N3O2S2/c1-11-3-5-21(41-11)19-7-13-17(39-19)9-15-23(24-25(30)27(32)36-28(33)26(24)31)16-10-18-14(38(16)29(34,35)37(13)15)8-20(40-18)22-6-4-12(2)42-22/h3-10H,1-2H3. The number of fused-ring (bicyclic) bond motifs is 5. The quantitative estimate of drug-likeness (QED) is 0.125. The first kappa shape index (κ1) is 25.4. The number of pyridine rings is 1. The lowest BCUT2D eigenvalue weighted by atomic mass is 9.86. The molecule has 0 N–H and O–H groups in total. The van der Waals surface area contributed by atoms with Gasteiger partial charge in [-0.15, -0.1) is 22.7 Å². The van der Waals surface area contributed by atoms with Crippen molar-refractivity contribution >= 4 is 52.4 Å². The van der Waals surface area contributed by atoms with Gasteiger partial charge in [-0.05, 0) is 38.1 Å². The minimum atomic E-state index is -4.74. The van der Waals surface area contributed by atoms with Crippen LogP contribution in [0.5, 0.6) is 0 Å². The Morgan fingerprint density at radius 1 is 0.833 bits per heavy atom. The molecule has 0 fully saturated rings. The molecular weight excluding hydrogens is 599 g/mol. The number of nitrogens with zero attached hydrogens (tertiary/aromatic N) is 3. The first-order chi connectivity index (χ1) is 20.0. The number of hydrogen-bond acceptors (Lipinski definition) is 5. The summed E-state index contributed by atoms with van der Waals surface area (Å²) in [5.41, 5.74) is -2.49. The summed E-state index contributed by atoms with van der Waals surface area (Å²) in [4.78, 5) is 5.98. The zero-order valence-electron chi connectivity index (χ0n) is 21.4. The largest absolute Gasteiger partial charge is 0.738 e. The second-order valence-corrected chi connectivity index (χ2v) is 12.6. The zero-order chi connectivity index (χ0) is 29.2. The number of furan rings is 2. The molecule has 0 saturated carbocycles. The Morgan fingerprint density at radius 2 is 1.45 bits per heavy atom. The third kappa shape index (κ3) is 3.33. The summed E-state index contributed by atoms with van der Waals surface area (Å²) in [7, 11) is 0. The number of rotatable bonds is 3. The number of allylic oxidation sites excluding steroid dienone is 1. The van der Waals surface area contributed by atoms with Gasteiger partial charge in [0.25, 0.3) is 11.9 Å². The van der Waals surface area contributed by atoms with Gasteiger partial charge in [0.2, 0.25) is 5.36 Å². The van der Waals surface area contributed by atoms with Crippen molar-refractivity contribution in [2.75, 3.05) is 0 Å². The summed E-state index contributed by atoms with van der Waals surface area (Å²) in [5.74, 6) is -6.81. The fourth-order valence-electron chi connectivity index (χ4n) is 5.66. The fraction of sp³-hybridized carbons (Fsp3) is 0.0714. The first-order valence-corrected chi connectivity index (χ1v) is 14.2. The van der Waals surface area contributed by atoms with Crippen molar-refractivity contribution in [2.24, 2.45) is 0 Å². The molecule has 0 radical (unpaired) electrons. The lowest BCUT2D eigenvalue weighted by Gasteiger charge is -2.31. The van der Waals surface area contributed by atoms with Gasteiger partial charge in [0, 0.05) is 27.6 Å². The highest BCUT2D eigenvalue weighted by atomic mass is 32.1. The first-order valence-electron chi connectivity index (χ1n) is 12.6. The number of aryl methyl sites for hydroxylation is 2. The molecule has 2 aliphatic rings. The molecule has 0 unspecified atom stereocenters. The molecular formula is C28H14BF6N3O2S2. The van der Waals surface area contributed by atoms with Crippen LogP contribution in [0.3, 0.4) is 0 Å². The maximum atomic E-state index is 16.7. The van der Waals surface area contributed by atoms with Crippen LogP contribution in [-0.2, 0) is 0 Å². The van der Waals surface area contributed by atoms with Crippen LogP contribution in [-0.4, -0.2) is 16.4 Å². The van der Waals surface area contributed by atoms with Crippen LogP contribution in [0, 0.1) is 37.4 Å². The molecule has 0 bridgehead atoms. The summed E-state index contributed by atoms with van der Waals surface area (Å²) < 4.78 is 106. The van der Waals surface area contributed by atoms with Crippen LogP contribution >= 0.6 is 22.7 Å². The smallest absolute Gasteiger partial charge is 0.454 e. The molecule has 5 nitrogen and oxygen atoms in total. The van der Waals surface area contributed by atoms with Gasteiger partial charge >= 0.3 is 6.97 Å². The van der Waals surface area contributed by atoms with Crippen molar-refractivity contribution < 1.29 is 35.0 Å². The summed E-state index contributed by atoms with van der Waals surface area (Å²) in [6.07, 6.45) is 1.19. The van der Waals surface area contributed by atoms with E-state index in [1.54, 1.807) is 12.1 Å². The number of thiophene rings is 2. The van der Waals surface area contributed by atoms with E-state index >= 15 is 17.4 Å². The molecule has 210 valence electrons. The minimum Gasteiger partial charge on any atom is -0.454 e. The van der Waals surface area contributed by atoms with Gasteiger partial charge in [-0.2, -0.15) is 13.8 Å². The van der Waals surface area contributed by atoms with Crippen LogP contribution in [0.1, 0.15) is 21.0 Å². The van der Waals surface area contributed by atoms with E-state index < -0.39 is 41.6 Å². The molecule has 0 spiro atoms. The maximum absolute atomic E-state index is 16.7. The van der Waals surface area contributed by atoms with E-state index in [2.05, 4.69) is 4.98 Å². The Bertz CT molecular complexity index is 2300. The number of hydrogen-bond donors (Lipinski definition) is 0. The summed E-state index contributed by atoms with van der Waals surface area (Å²) >= 11 is 2.80. The van der Waals surface area contributed by atoms with Gasteiger partial charge in [-0.25, -0.2) is 8.78 Å². The third-order valence-corrected chi connectivity index (χ3v) is 9.43. The van der Waals surface area contributed by atoms with Crippen LogP contribution in [0.15, 0.2) is 57.0 Å². The van der Waals surface area contributed by atoms with Crippen LogP contribution in [0.2, 0.25) is 0 Å². The van der Waals surface area contributed by atoms with Crippen molar-refractivity contribution in [1.82, 2.24) is 13.9 Å². The topological polar surface area (TPSA) is 47.1 Å². The van der Waals surface area contributed by atoms with Gasteiger partial charge in [-0.3, -0.25) is 0 Å². The van der Waals surface area contributed by atoms with E-state index in [1.165, 1.54) is 46.9 Å². The van der Waals surface area contributed by atoms with Crippen molar-refractivity contribution in [3.8, 4) is 21.3 Å². The Kier molecular flexibility index (Phi) is 5.07. The molecule has 0 aromatic carbocycles. The van der Waals surface area contributed by atoms with Crippen LogP contribution < -0.4 is 15.3 Å². The van der Waals surface area contributed by atoms with Gasteiger partial charge in [0.05, 0.1) is 38.5 Å². The average Bonchev–Trinajstić information content (AvgIpc) is 3.74. The highest BCUT2D eigenvalue weighted by molar-refractivity contribution is 7.15.